The standard InChI is InChI=1S/C35H23N5/c1-3-10-26(11-4-1)33-38-34(27-12-5-2-6-13-27)40-35(39-33)28-17-15-25(16-18-28)32-29-14-8-7-9-24(29)19-20-30(32)31-21-22-36-23-37-31/h1-23H. The van der Waals surface area contributed by atoms with Crippen molar-refractivity contribution in [3.05, 3.63) is 140 Å². The van der Waals surface area contributed by atoms with Crippen LogP contribution in [0.2, 0.25) is 0 Å². The number of aromatic nitrogens is 5. The topological polar surface area (TPSA) is 64.5 Å². The van der Waals surface area contributed by atoms with Crippen LogP contribution < -0.4 is 0 Å². The van der Waals surface area contributed by atoms with Gasteiger partial charge >= 0.3 is 0 Å². The second-order valence-corrected chi connectivity index (χ2v) is 9.42. The van der Waals surface area contributed by atoms with Crippen molar-refractivity contribution in [3.8, 4) is 56.5 Å². The Balaban J connectivity index is 1.37. The average molecular weight is 514 g/mol. The Morgan fingerprint density at radius 1 is 0.425 bits per heavy atom. The third-order valence-electron chi connectivity index (χ3n) is 6.92. The number of hydrogen-bond acceptors (Lipinski definition) is 5. The van der Waals surface area contributed by atoms with Gasteiger partial charge in [-0.2, -0.15) is 0 Å². The monoisotopic (exact) mass is 513 g/mol. The van der Waals surface area contributed by atoms with Crippen LogP contribution in [0.4, 0.5) is 0 Å². The first-order chi connectivity index (χ1) is 19.8. The molecule has 0 amide bonds. The molecule has 2 heterocycles. The molecule has 0 aliphatic carbocycles. The zero-order chi connectivity index (χ0) is 26.7. The molecule has 0 saturated carbocycles. The lowest BCUT2D eigenvalue weighted by Crippen LogP contribution is -2.00. The van der Waals surface area contributed by atoms with E-state index in [-0.39, 0.29) is 0 Å². The van der Waals surface area contributed by atoms with Crippen molar-refractivity contribution >= 4 is 10.8 Å². The molecule has 0 fully saturated rings. The molecule has 7 aromatic rings. The molecule has 0 bridgehead atoms. The van der Waals surface area contributed by atoms with E-state index in [9.17, 15) is 0 Å². The average Bonchev–Trinajstić information content (AvgIpc) is 3.05. The summed E-state index contributed by atoms with van der Waals surface area (Å²) in [6.45, 7) is 0. The highest BCUT2D eigenvalue weighted by atomic mass is 15.0. The van der Waals surface area contributed by atoms with E-state index in [1.807, 2.05) is 66.7 Å². The summed E-state index contributed by atoms with van der Waals surface area (Å²) in [7, 11) is 0. The Hall–Kier alpha value is -5.55. The van der Waals surface area contributed by atoms with E-state index in [1.165, 1.54) is 10.8 Å². The summed E-state index contributed by atoms with van der Waals surface area (Å²) >= 11 is 0. The van der Waals surface area contributed by atoms with Gasteiger partial charge in [0.15, 0.2) is 17.5 Å². The fourth-order valence-electron chi connectivity index (χ4n) is 4.97. The van der Waals surface area contributed by atoms with Crippen LogP contribution in [0.15, 0.2) is 140 Å². The molecule has 7 rings (SSSR count). The van der Waals surface area contributed by atoms with Crippen LogP contribution in [0.1, 0.15) is 0 Å². The molecule has 5 aromatic carbocycles. The van der Waals surface area contributed by atoms with Crippen LogP contribution >= 0.6 is 0 Å². The van der Waals surface area contributed by atoms with Gasteiger partial charge in [-0.15, -0.1) is 0 Å². The minimum atomic E-state index is 0.633. The fourth-order valence-corrected chi connectivity index (χ4v) is 4.97. The zero-order valence-electron chi connectivity index (χ0n) is 21.5. The fraction of sp³-hybridized carbons (Fsp3) is 0. The maximum absolute atomic E-state index is 4.88. The third-order valence-corrected chi connectivity index (χ3v) is 6.92. The SMILES string of the molecule is c1ccc(-c2nc(-c3ccccc3)nc(-c3ccc(-c4c(-c5ccncn5)ccc5ccccc45)cc3)n2)cc1. The molecule has 0 atom stereocenters. The maximum atomic E-state index is 4.88. The van der Waals surface area contributed by atoms with Crippen molar-refractivity contribution in [2.24, 2.45) is 0 Å². The maximum Gasteiger partial charge on any atom is 0.164 e. The van der Waals surface area contributed by atoms with Gasteiger partial charge in [-0.3, -0.25) is 0 Å². The third kappa shape index (κ3) is 4.50. The van der Waals surface area contributed by atoms with Gasteiger partial charge in [0, 0.05) is 28.5 Å². The zero-order valence-corrected chi connectivity index (χ0v) is 21.5. The van der Waals surface area contributed by atoms with Crippen LogP contribution in [0.3, 0.4) is 0 Å². The Kier molecular flexibility index (Phi) is 6.07. The Morgan fingerprint density at radius 2 is 0.975 bits per heavy atom. The molecular weight excluding hydrogens is 490 g/mol. The molecule has 0 spiro atoms. The lowest BCUT2D eigenvalue weighted by molar-refractivity contribution is 1.07. The van der Waals surface area contributed by atoms with Crippen molar-refractivity contribution in [1.29, 1.82) is 0 Å². The van der Waals surface area contributed by atoms with Crippen molar-refractivity contribution in [2.45, 2.75) is 0 Å². The molecule has 40 heavy (non-hydrogen) atoms. The number of hydrogen-bond donors (Lipinski definition) is 0. The summed E-state index contributed by atoms with van der Waals surface area (Å²) in [5, 5.41) is 2.35. The van der Waals surface area contributed by atoms with Gasteiger partial charge in [-0.05, 0) is 28.0 Å². The van der Waals surface area contributed by atoms with Gasteiger partial charge in [0.25, 0.3) is 0 Å². The summed E-state index contributed by atoms with van der Waals surface area (Å²) in [5.74, 6) is 1.93. The first-order valence-electron chi connectivity index (χ1n) is 13.1. The molecule has 0 N–H and O–H groups in total. The molecule has 2 aromatic heterocycles. The molecule has 0 aliphatic heterocycles. The Labute approximate surface area is 231 Å². The van der Waals surface area contributed by atoms with Crippen LogP contribution in [0, 0.1) is 0 Å². The van der Waals surface area contributed by atoms with E-state index in [2.05, 4.69) is 70.6 Å². The Bertz CT molecular complexity index is 1860. The van der Waals surface area contributed by atoms with Crippen LogP contribution in [0.5, 0.6) is 0 Å². The molecule has 5 heteroatoms. The van der Waals surface area contributed by atoms with Gasteiger partial charge < -0.3 is 0 Å². The highest BCUT2D eigenvalue weighted by Crippen LogP contribution is 2.38. The molecule has 0 aliphatic rings. The second-order valence-electron chi connectivity index (χ2n) is 9.42. The summed E-state index contributed by atoms with van der Waals surface area (Å²) in [5.41, 5.74) is 6.99. The van der Waals surface area contributed by atoms with E-state index in [0.717, 1.165) is 39.1 Å². The summed E-state index contributed by atoms with van der Waals surface area (Å²) in [6, 6.07) is 43.1. The van der Waals surface area contributed by atoms with Crippen molar-refractivity contribution in [1.82, 2.24) is 24.9 Å². The molecule has 5 nitrogen and oxygen atoms in total. The number of nitrogens with zero attached hydrogens (tertiary/aromatic N) is 5. The quantitative estimate of drug-likeness (QED) is 0.232. The molecule has 0 radical (unpaired) electrons. The van der Waals surface area contributed by atoms with Gasteiger partial charge in [-0.1, -0.05) is 121 Å². The predicted octanol–water partition coefficient (Wildman–Crippen LogP) is 8.15. The van der Waals surface area contributed by atoms with Crippen LogP contribution in [-0.4, -0.2) is 24.9 Å². The van der Waals surface area contributed by atoms with Crippen LogP contribution in [-0.2, 0) is 0 Å². The molecule has 188 valence electrons. The minimum Gasteiger partial charge on any atom is -0.245 e. The normalized spacial score (nSPS) is 11.0. The predicted molar refractivity (Wildman–Crippen MR) is 160 cm³/mol. The largest absolute Gasteiger partial charge is 0.245 e. The number of fused-ring (bicyclic) bond motifs is 1. The van der Waals surface area contributed by atoms with Crippen LogP contribution in [0.25, 0.3) is 67.3 Å². The Morgan fingerprint density at radius 3 is 1.57 bits per heavy atom. The van der Waals surface area contributed by atoms with Gasteiger partial charge in [-0.25, -0.2) is 24.9 Å². The minimum absolute atomic E-state index is 0.633. The van der Waals surface area contributed by atoms with E-state index >= 15 is 0 Å². The van der Waals surface area contributed by atoms with Crippen molar-refractivity contribution in [2.75, 3.05) is 0 Å². The second kappa shape index (κ2) is 10.3. The first-order valence-corrected chi connectivity index (χ1v) is 13.1. The van der Waals surface area contributed by atoms with Gasteiger partial charge in [0.2, 0.25) is 0 Å². The van der Waals surface area contributed by atoms with Gasteiger partial charge in [0.05, 0.1) is 5.69 Å². The van der Waals surface area contributed by atoms with E-state index < -0.39 is 0 Å². The summed E-state index contributed by atoms with van der Waals surface area (Å²) < 4.78 is 0. The van der Waals surface area contributed by atoms with Gasteiger partial charge in [0.1, 0.15) is 6.33 Å². The van der Waals surface area contributed by atoms with E-state index in [4.69, 9.17) is 15.0 Å². The molecule has 0 unspecified atom stereocenters. The van der Waals surface area contributed by atoms with E-state index in [0.29, 0.717) is 17.5 Å². The smallest absolute Gasteiger partial charge is 0.164 e. The number of rotatable bonds is 5. The highest BCUT2D eigenvalue weighted by molar-refractivity contribution is 6.03. The molecular formula is C35H23N5. The summed E-state index contributed by atoms with van der Waals surface area (Å²) in [6.07, 6.45) is 3.37. The van der Waals surface area contributed by atoms with Crippen molar-refractivity contribution < 1.29 is 0 Å². The summed E-state index contributed by atoms with van der Waals surface area (Å²) in [4.78, 5) is 23.2. The lowest BCUT2D eigenvalue weighted by atomic mass is 9.91. The lowest BCUT2D eigenvalue weighted by Gasteiger charge is -2.14. The van der Waals surface area contributed by atoms with Crippen molar-refractivity contribution in [3.63, 3.8) is 0 Å². The first kappa shape index (κ1) is 23.6. The molecule has 0 saturated heterocycles. The van der Waals surface area contributed by atoms with E-state index in [1.54, 1.807) is 12.5 Å². The number of benzene rings is 5. The highest BCUT2D eigenvalue weighted by Gasteiger charge is 2.15.